The average molecular weight is 263 g/mol. The number of aromatic nitrogens is 1. The molecule has 1 aliphatic heterocycles. The van der Waals surface area contributed by atoms with Crippen LogP contribution in [0.3, 0.4) is 0 Å². The summed E-state index contributed by atoms with van der Waals surface area (Å²) in [6, 6.07) is 1.69. The van der Waals surface area contributed by atoms with Crippen molar-refractivity contribution in [1.29, 1.82) is 0 Å². The number of hydrogen-bond acceptors (Lipinski definition) is 4. The molecule has 1 saturated heterocycles. The van der Waals surface area contributed by atoms with Gasteiger partial charge in [-0.05, 0) is 38.7 Å². The van der Waals surface area contributed by atoms with Crippen molar-refractivity contribution in [2.75, 3.05) is 18.8 Å². The van der Waals surface area contributed by atoms with Gasteiger partial charge in [-0.1, -0.05) is 0 Å². The van der Waals surface area contributed by atoms with Crippen LogP contribution in [-0.4, -0.2) is 40.1 Å². The lowest BCUT2D eigenvalue weighted by Gasteiger charge is -2.33. The first-order chi connectivity index (χ1) is 8.99. The smallest absolute Gasteiger partial charge is 0.255 e. The Morgan fingerprint density at radius 1 is 1.53 bits per heavy atom. The minimum Gasteiger partial charge on any atom is -0.397 e. The highest BCUT2D eigenvalue weighted by Gasteiger charge is 2.26. The van der Waals surface area contributed by atoms with Gasteiger partial charge in [0.2, 0.25) is 0 Å². The third kappa shape index (κ3) is 3.04. The predicted molar refractivity (Wildman–Crippen MR) is 73.7 cm³/mol. The molecule has 0 spiro atoms. The third-order valence-electron chi connectivity index (χ3n) is 3.85. The molecular weight excluding hydrogens is 242 g/mol. The molecule has 1 atom stereocenters. The number of rotatable bonds is 2. The number of nitrogens with two attached hydrogens (primary N) is 1. The molecule has 104 valence electrons. The van der Waals surface area contributed by atoms with Crippen LogP contribution >= 0.6 is 0 Å². The van der Waals surface area contributed by atoms with Crippen molar-refractivity contribution in [3.63, 3.8) is 0 Å². The Morgan fingerprint density at radius 2 is 2.16 bits per heavy atom. The second-order valence-electron chi connectivity index (χ2n) is 5.27. The maximum absolute atomic E-state index is 12.4. The summed E-state index contributed by atoms with van der Waals surface area (Å²) in [6.45, 7) is 4.99. The number of likely N-dealkylation sites (tertiary alicyclic amines) is 1. The lowest BCUT2D eigenvalue weighted by Crippen LogP contribution is -2.41. The number of pyridine rings is 1. The zero-order chi connectivity index (χ0) is 14.0. The number of aliphatic hydroxyl groups is 1. The van der Waals surface area contributed by atoms with E-state index in [0.29, 0.717) is 36.0 Å². The van der Waals surface area contributed by atoms with Crippen LogP contribution in [0.15, 0.2) is 12.3 Å². The quantitative estimate of drug-likeness (QED) is 0.840. The Hall–Kier alpha value is -1.62. The zero-order valence-electron chi connectivity index (χ0n) is 11.5. The fraction of sp³-hybridized carbons (Fsp3) is 0.571. The number of aliphatic hydroxyl groups excluding tert-OH is 1. The fourth-order valence-corrected chi connectivity index (χ4v) is 2.52. The van der Waals surface area contributed by atoms with Crippen LogP contribution in [0.2, 0.25) is 0 Å². The summed E-state index contributed by atoms with van der Waals surface area (Å²) >= 11 is 0. The number of anilines is 1. The molecule has 1 aromatic heterocycles. The van der Waals surface area contributed by atoms with E-state index in [-0.39, 0.29) is 12.0 Å². The summed E-state index contributed by atoms with van der Waals surface area (Å²) in [5.41, 5.74) is 7.48. The van der Waals surface area contributed by atoms with Gasteiger partial charge in [0.05, 0.1) is 29.2 Å². The number of amides is 1. The van der Waals surface area contributed by atoms with Crippen LogP contribution in [0.1, 0.15) is 35.8 Å². The highest BCUT2D eigenvalue weighted by molar-refractivity contribution is 5.96. The van der Waals surface area contributed by atoms with Crippen molar-refractivity contribution < 1.29 is 9.90 Å². The number of carbonyl (C=O) groups is 1. The monoisotopic (exact) mass is 263 g/mol. The van der Waals surface area contributed by atoms with Crippen LogP contribution < -0.4 is 5.73 Å². The highest BCUT2D eigenvalue weighted by atomic mass is 16.3. The van der Waals surface area contributed by atoms with Crippen molar-refractivity contribution in [3.05, 3.63) is 23.5 Å². The van der Waals surface area contributed by atoms with Gasteiger partial charge < -0.3 is 15.7 Å². The van der Waals surface area contributed by atoms with Gasteiger partial charge in [0.25, 0.3) is 5.91 Å². The Labute approximate surface area is 113 Å². The Morgan fingerprint density at radius 3 is 2.74 bits per heavy atom. The molecule has 3 N–H and O–H groups in total. The maximum Gasteiger partial charge on any atom is 0.255 e. The van der Waals surface area contributed by atoms with Crippen LogP contribution in [0, 0.1) is 12.8 Å². The first kappa shape index (κ1) is 13.8. The van der Waals surface area contributed by atoms with E-state index in [9.17, 15) is 9.90 Å². The second kappa shape index (κ2) is 5.57. The average Bonchev–Trinajstić information content (AvgIpc) is 2.41. The van der Waals surface area contributed by atoms with E-state index in [1.165, 1.54) is 0 Å². The normalized spacial score (nSPS) is 18.4. The van der Waals surface area contributed by atoms with E-state index >= 15 is 0 Å². The minimum atomic E-state index is -0.298. The van der Waals surface area contributed by atoms with Crippen LogP contribution in [0.5, 0.6) is 0 Å². The standard InChI is InChI=1S/C14H21N3O2/c1-9-13(7-12(15)8-16-9)14(19)17-5-3-11(4-6-17)10(2)18/h7-8,10-11,18H,3-6,15H2,1-2H3. The van der Waals surface area contributed by atoms with Gasteiger partial charge in [-0.15, -0.1) is 0 Å². The summed E-state index contributed by atoms with van der Waals surface area (Å²) in [6.07, 6.45) is 2.95. The molecule has 19 heavy (non-hydrogen) atoms. The van der Waals surface area contributed by atoms with E-state index in [1.807, 2.05) is 18.7 Å². The van der Waals surface area contributed by atoms with Gasteiger partial charge >= 0.3 is 0 Å². The van der Waals surface area contributed by atoms with Gasteiger partial charge in [0, 0.05) is 13.1 Å². The lowest BCUT2D eigenvalue weighted by molar-refractivity contribution is 0.0520. The molecule has 1 unspecified atom stereocenters. The van der Waals surface area contributed by atoms with Crippen molar-refractivity contribution in [1.82, 2.24) is 9.88 Å². The minimum absolute atomic E-state index is 0.0126. The topological polar surface area (TPSA) is 79.5 Å². The molecule has 0 aliphatic carbocycles. The van der Waals surface area contributed by atoms with Gasteiger partial charge in [0.1, 0.15) is 0 Å². The molecule has 2 heterocycles. The molecule has 0 bridgehead atoms. The summed E-state index contributed by atoms with van der Waals surface area (Å²) in [5.74, 6) is 0.283. The Balaban J connectivity index is 2.07. The van der Waals surface area contributed by atoms with Crippen LogP contribution in [-0.2, 0) is 0 Å². The van der Waals surface area contributed by atoms with Gasteiger partial charge in [-0.3, -0.25) is 9.78 Å². The largest absolute Gasteiger partial charge is 0.397 e. The van der Waals surface area contributed by atoms with Crippen LogP contribution in [0.25, 0.3) is 0 Å². The molecular formula is C14H21N3O2. The molecule has 2 rings (SSSR count). The van der Waals surface area contributed by atoms with E-state index in [4.69, 9.17) is 5.73 Å². The summed E-state index contributed by atoms with van der Waals surface area (Å²) in [4.78, 5) is 18.4. The van der Waals surface area contributed by atoms with Crippen molar-refractivity contribution >= 4 is 11.6 Å². The molecule has 1 aliphatic rings. The van der Waals surface area contributed by atoms with Crippen molar-refractivity contribution in [2.45, 2.75) is 32.8 Å². The Bertz CT molecular complexity index is 466. The molecule has 0 radical (unpaired) electrons. The predicted octanol–water partition coefficient (Wildman–Crippen LogP) is 1.21. The van der Waals surface area contributed by atoms with E-state index in [1.54, 1.807) is 12.3 Å². The summed E-state index contributed by atoms with van der Waals surface area (Å²) in [5, 5.41) is 9.57. The number of carbonyl (C=O) groups excluding carboxylic acids is 1. The molecule has 1 aromatic rings. The molecule has 5 nitrogen and oxygen atoms in total. The van der Waals surface area contributed by atoms with Gasteiger partial charge in [-0.2, -0.15) is 0 Å². The second-order valence-corrected chi connectivity index (χ2v) is 5.27. The molecule has 0 saturated carbocycles. The molecule has 0 aromatic carbocycles. The van der Waals surface area contributed by atoms with Crippen molar-refractivity contribution in [3.8, 4) is 0 Å². The van der Waals surface area contributed by atoms with E-state index in [0.717, 1.165) is 12.8 Å². The van der Waals surface area contributed by atoms with E-state index in [2.05, 4.69) is 4.98 Å². The van der Waals surface area contributed by atoms with Crippen LogP contribution in [0.4, 0.5) is 5.69 Å². The summed E-state index contributed by atoms with van der Waals surface area (Å²) < 4.78 is 0. The van der Waals surface area contributed by atoms with Crippen molar-refractivity contribution in [2.24, 2.45) is 5.92 Å². The summed E-state index contributed by atoms with van der Waals surface area (Å²) in [7, 11) is 0. The molecule has 1 fully saturated rings. The molecule has 1 amide bonds. The van der Waals surface area contributed by atoms with E-state index < -0.39 is 0 Å². The lowest BCUT2D eigenvalue weighted by atomic mass is 9.92. The first-order valence-electron chi connectivity index (χ1n) is 6.68. The van der Waals surface area contributed by atoms with Gasteiger partial charge in [-0.25, -0.2) is 0 Å². The number of nitrogens with zero attached hydrogens (tertiary/aromatic N) is 2. The maximum atomic E-state index is 12.4. The SMILES string of the molecule is Cc1ncc(N)cc1C(=O)N1CCC(C(C)O)CC1. The number of nitrogen functional groups attached to an aromatic ring is 1. The zero-order valence-corrected chi connectivity index (χ0v) is 11.5. The first-order valence-corrected chi connectivity index (χ1v) is 6.68. The number of piperidine rings is 1. The number of aryl methyl sites for hydroxylation is 1. The number of hydrogen-bond donors (Lipinski definition) is 2. The highest BCUT2D eigenvalue weighted by Crippen LogP contribution is 2.22. The third-order valence-corrected chi connectivity index (χ3v) is 3.85. The molecule has 5 heteroatoms. The van der Waals surface area contributed by atoms with Gasteiger partial charge in [0.15, 0.2) is 0 Å². The Kier molecular flexibility index (Phi) is 4.04. The fourth-order valence-electron chi connectivity index (χ4n) is 2.52.